The highest BCUT2D eigenvalue weighted by Crippen LogP contribution is 2.34. The van der Waals surface area contributed by atoms with E-state index in [-0.39, 0.29) is 17.8 Å². The highest BCUT2D eigenvalue weighted by molar-refractivity contribution is 5.93. The van der Waals surface area contributed by atoms with Gasteiger partial charge in [0.2, 0.25) is 5.91 Å². The average molecular weight is 290 g/mol. The van der Waals surface area contributed by atoms with Crippen LogP contribution in [0.25, 0.3) is 0 Å². The monoisotopic (exact) mass is 290 g/mol. The van der Waals surface area contributed by atoms with E-state index in [1.54, 1.807) is 0 Å². The second-order valence-corrected chi connectivity index (χ2v) is 4.19. The van der Waals surface area contributed by atoms with Gasteiger partial charge < -0.3 is 15.4 Å². The Hall–Kier alpha value is -1.60. The van der Waals surface area contributed by atoms with Crippen LogP contribution in [0.3, 0.4) is 0 Å². The number of carbonyl (C=O) groups excluding carboxylic acids is 1. The molecule has 0 fully saturated rings. The summed E-state index contributed by atoms with van der Waals surface area (Å²) in [5.74, 6) is -0.400. The van der Waals surface area contributed by atoms with E-state index < -0.39 is 17.6 Å². The zero-order valence-corrected chi connectivity index (χ0v) is 11.3. The number of ether oxygens (including phenoxy) is 1. The first-order valence-corrected chi connectivity index (χ1v) is 6.02. The van der Waals surface area contributed by atoms with Crippen LogP contribution in [0.1, 0.15) is 11.1 Å². The van der Waals surface area contributed by atoms with Gasteiger partial charge in [-0.2, -0.15) is 13.2 Å². The van der Waals surface area contributed by atoms with Crippen molar-refractivity contribution in [3.8, 4) is 0 Å². The number of alkyl halides is 3. The lowest BCUT2D eigenvalue weighted by atomic mass is 10.1. The van der Waals surface area contributed by atoms with Crippen molar-refractivity contribution in [2.75, 3.05) is 32.1 Å². The molecule has 1 rings (SSSR count). The number of methoxy groups -OCH3 is 1. The van der Waals surface area contributed by atoms with Gasteiger partial charge in [0.05, 0.1) is 18.7 Å². The molecule has 20 heavy (non-hydrogen) atoms. The Morgan fingerprint density at radius 3 is 2.65 bits per heavy atom. The van der Waals surface area contributed by atoms with Crippen LogP contribution in [0.2, 0.25) is 0 Å². The third-order valence-electron chi connectivity index (χ3n) is 2.68. The summed E-state index contributed by atoms with van der Waals surface area (Å²) in [5.41, 5.74) is -0.578. The quantitative estimate of drug-likeness (QED) is 0.790. The fraction of sp³-hybridized carbons (Fsp3) is 0.462. The third-order valence-corrected chi connectivity index (χ3v) is 2.68. The molecule has 112 valence electrons. The first-order chi connectivity index (χ1) is 9.36. The van der Waals surface area contributed by atoms with E-state index in [9.17, 15) is 18.0 Å². The van der Waals surface area contributed by atoms with Crippen molar-refractivity contribution in [3.63, 3.8) is 0 Å². The minimum atomic E-state index is -4.43. The molecule has 0 atom stereocenters. The number of anilines is 1. The summed E-state index contributed by atoms with van der Waals surface area (Å²) in [6.45, 7) is 2.29. The van der Waals surface area contributed by atoms with Crippen LogP contribution in [-0.2, 0) is 15.7 Å². The zero-order chi connectivity index (χ0) is 15.2. The van der Waals surface area contributed by atoms with E-state index in [0.717, 1.165) is 6.07 Å². The molecule has 0 bridgehead atoms. The Morgan fingerprint density at radius 2 is 2.05 bits per heavy atom. The second kappa shape index (κ2) is 7.25. The zero-order valence-electron chi connectivity index (χ0n) is 11.3. The lowest BCUT2D eigenvalue weighted by Gasteiger charge is -2.14. The van der Waals surface area contributed by atoms with Gasteiger partial charge in [-0.15, -0.1) is 0 Å². The van der Waals surface area contributed by atoms with E-state index in [2.05, 4.69) is 10.6 Å². The number of rotatable bonds is 6. The molecule has 1 amide bonds. The van der Waals surface area contributed by atoms with Crippen LogP contribution in [-0.4, -0.2) is 32.7 Å². The molecule has 2 N–H and O–H groups in total. The smallest absolute Gasteiger partial charge is 0.383 e. The van der Waals surface area contributed by atoms with E-state index >= 15 is 0 Å². The fourth-order valence-corrected chi connectivity index (χ4v) is 1.65. The minimum absolute atomic E-state index is 0.00485. The van der Waals surface area contributed by atoms with Crippen molar-refractivity contribution in [3.05, 3.63) is 29.3 Å². The predicted molar refractivity (Wildman–Crippen MR) is 69.6 cm³/mol. The SMILES string of the molecule is COCCNCC(=O)Nc1cccc(C(F)(F)F)c1C. The summed E-state index contributed by atoms with van der Waals surface area (Å²) in [5, 5.41) is 5.27. The number of nitrogens with one attached hydrogen (secondary N) is 2. The Labute approximate surface area is 115 Å². The molecule has 1 aromatic carbocycles. The topological polar surface area (TPSA) is 50.4 Å². The lowest BCUT2D eigenvalue weighted by molar-refractivity contribution is -0.138. The van der Waals surface area contributed by atoms with Gasteiger partial charge in [0.15, 0.2) is 0 Å². The van der Waals surface area contributed by atoms with E-state index in [1.165, 1.54) is 26.2 Å². The van der Waals surface area contributed by atoms with Crippen molar-refractivity contribution in [1.29, 1.82) is 0 Å². The number of halogens is 3. The molecule has 0 aliphatic rings. The van der Waals surface area contributed by atoms with E-state index in [0.29, 0.717) is 13.2 Å². The van der Waals surface area contributed by atoms with Gasteiger partial charge in [0.25, 0.3) is 0 Å². The van der Waals surface area contributed by atoms with E-state index in [1.807, 2.05) is 0 Å². The van der Waals surface area contributed by atoms with Crippen molar-refractivity contribution >= 4 is 11.6 Å². The number of amides is 1. The maximum atomic E-state index is 12.7. The highest BCUT2D eigenvalue weighted by atomic mass is 19.4. The molecule has 0 aliphatic carbocycles. The van der Waals surface area contributed by atoms with E-state index in [4.69, 9.17) is 4.74 Å². The van der Waals surface area contributed by atoms with Crippen LogP contribution < -0.4 is 10.6 Å². The van der Waals surface area contributed by atoms with Crippen LogP contribution in [0.4, 0.5) is 18.9 Å². The second-order valence-electron chi connectivity index (χ2n) is 4.19. The normalized spacial score (nSPS) is 11.4. The molecule has 0 radical (unpaired) electrons. The highest BCUT2D eigenvalue weighted by Gasteiger charge is 2.32. The van der Waals surface area contributed by atoms with Crippen LogP contribution in [0, 0.1) is 6.92 Å². The van der Waals surface area contributed by atoms with Gasteiger partial charge in [-0.3, -0.25) is 4.79 Å². The molecule has 0 aromatic heterocycles. The molecule has 4 nitrogen and oxygen atoms in total. The summed E-state index contributed by atoms with van der Waals surface area (Å²) in [6, 6.07) is 3.70. The van der Waals surface area contributed by atoms with Crippen molar-refractivity contribution in [1.82, 2.24) is 5.32 Å². The summed E-state index contributed by atoms with van der Waals surface area (Å²) in [6.07, 6.45) is -4.43. The number of hydrogen-bond donors (Lipinski definition) is 2. The average Bonchev–Trinajstić information content (AvgIpc) is 2.36. The maximum Gasteiger partial charge on any atom is 0.416 e. The summed E-state index contributed by atoms with van der Waals surface area (Å²) < 4.78 is 42.9. The van der Waals surface area contributed by atoms with Crippen molar-refractivity contribution < 1.29 is 22.7 Å². The van der Waals surface area contributed by atoms with Gasteiger partial charge in [0, 0.05) is 19.3 Å². The first-order valence-electron chi connectivity index (χ1n) is 6.02. The molecule has 1 aromatic rings. The van der Waals surface area contributed by atoms with Crippen molar-refractivity contribution in [2.24, 2.45) is 0 Å². The lowest BCUT2D eigenvalue weighted by Crippen LogP contribution is -2.30. The summed E-state index contributed by atoms with van der Waals surface area (Å²) >= 11 is 0. The minimum Gasteiger partial charge on any atom is -0.383 e. The van der Waals surface area contributed by atoms with Crippen LogP contribution >= 0.6 is 0 Å². The molecule has 7 heteroatoms. The molecular weight excluding hydrogens is 273 g/mol. The molecule has 0 aliphatic heterocycles. The molecule has 0 saturated carbocycles. The largest absolute Gasteiger partial charge is 0.416 e. The van der Waals surface area contributed by atoms with Gasteiger partial charge in [-0.1, -0.05) is 6.07 Å². The molecule has 0 heterocycles. The summed E-state index contributed by atoms with van der Waals surface area (Å²) in [4.78, 5) is 11.6. The molecular formula is C13H17F3N2O2. The van der Waals surface area contributed by atoms with Crippen molar-refractivity contribution in [2.45, 2.75) is 13.1 Å². The standard InChI is InChI=1S/C13H17F3N2O2/c1-9-10(13(14,15)16)4-3-5-11(9)18-12(19)8-17-6-7-20-2/h3-5,17H,6-8H2,1-2H3,(H,18,19). The number of carbonyl (C=O) groups is 1. The van der Waals surface area contributed by atoms with Crippen LogP contribution in [0.5, 0.6) is 0 Å². The third kappa shape index (κ3) is 4.82. The summed E-state index contributed by atoms with van der Waals surface area (Å²) in [7, 11) is 1.54. The van der Waals surface area contributed by atoms with Gasteiger partial charge >= 0.3 is 6.18 Å². The van der Waals surface area contributed by atoms with Gasteiger partial charge in [-0.25, -0.2) is 0 Å². The Bertz CT molecular complexity index is 461. The molecule has 0 spiro atoms. The number of hydrogen-bond acceptors (Lipinski definition) is 3. The first kappa shape index (κ1) is 16.5. The van der Waals surface area contributed by atoms with Gasteiger partial charge in [0.1, 0.15) is 0 Å². The Morgan fingerprint density at radius 1 is 1.35 bits per heavy atom. The van der Waals surface area contributed by atoms with Crippen LogP contribution in [0.15, 0.2) is 18.2 Å². The number of benzene rings is 1. The Balaban J connectivity index is 2.66. The molecule has 0 saturated heterocycles. The maximum absolute atomic E-state index is 12.7. The fourth-order valence-electron chi connectivity index (χ4n) is 1.65. The molecule has 0 unspecified atom stereocenters. The van der Waals surface area contributed by atoms with Gasteiger partial charge in [-0.05, 0) is 24.6 Å². The predicted octanol–water partition coefficient (Wildman–Crippen LogP) is 2.19. The Kier molecular flexibility index (Phi) is 5.97.